The van der Waals surface area contributed by atoms with E-state index in [2.05, 4.69) is 49.9 Å². The third kappa shape index (κ3) is 5.12. The Balaban J connectivity index is 0.000000205. The number of hydrogen-bond donors (Lipinski definition) is 0. The summed E-state index contributed by atoms with van der Waals surface area (Å²) in [5.74, 6) is 0.764. The van der Waals surface area contributed by atoms with Gasteiger partial charge in [-0.15, -0.1) is 54.1 Å². The summed E-state index contributed by atoms with van der Waals surface area (Å²) in [5, 5.41) is 2.00. The Hall–Kier alpha value is -4.97. The van der Waals surface area contributed by atoms with E-state index < -0.39 is 0 Å². The van der Waals surface area contributed by atoms with Crippen molar-refractivity contribution in [1.82, 2.24) is 24.5 Å². The summed E-state index contributed by atoms with van der Waals surface area (Å²) >= 11 is 0. The average Bonchev–Trinajstić information content (AvgIpc) is 3.61. The number of nitrogens with zero attached hydrogens (tertiary/aromatic N) is 5. The van der Waals surface area contributed by atoms with Crippen LogP contribution in [0.3, 0.4) is 0 Å². The molecule has 0 aliphatic carbocycles. The van der Waals surface area contributed by atoms with Crippen LogP contribution in [0.5, 0.6) is 0 Å². The van der Waals surface area contributed by atoms with Gasteiger partial charge in [0.25, 0.3) is 0 Å². The molecule has 6 nitrogen and oxygen atoms in total. The smallest absolute Gasteiger partial charge is 0.216 e. The zero-order chi connectivity index (χ0) is 27.6. The van der Waals surface area contributed by atoms with E-state index in [1.807, 2.05) is 91.9 Å². The van der Waals surface area contributed by atoms with Gasteiger partial charge in [0.15, 0.2) is 0 Å². The summed E-state index contributed by atoms with van der Waals surface area (Å²) in [5.41, 5.74) is 7.93. The third-order valence-electron chi connectivity index (χ3n) is 6.78. The van der Waals surface area contributed by atoms with Crippen molar-refractivity contribution in [2.75, 3.05) is 0 Å². The van der Waals surface area contributed by atoms with Crippen molar-refractivity contribution in [3.8, 4) is 28.3 Å². The molecule has 1 radical (unpaired) electrons. The van der Waals surface area contributed by atoms with Crippen LogP contribution >= 0.6 is 0 Å². The number of furan rings is 1. The van der Waals surface area contributed by atoms with E-state index in [1.165, 1.54) is 0 Å². The first kappa shape index (κ1) is 27.2. The number of pyridine rings is 3. The molecule has 0 spiro atoms. The number of aryl methyl sites for hydroxylation is 1. The Labute approximate surface area is 256 Å². The Morgan fingerprint density at radius 3 is 2.40 bits per heavy atom. The van der Waals surface area contributed by atoms with E-state index in [1.54, 1.807) is 18.6 Å². The SMILES string of the molecule is Cc1ccc2c(n1)oc1c(-c3nc4cnccc4n3-c3ccccc3)[c-]ccc12.[Ir].[c-]1ccccc1-c1ccccn1. The van der Waals surface area contributed by atoms with Crippen LogP contribution in [0.1, 0.15) is 5.69 Å². The van der Waals surface area contributed by atoms with Gasteiger partial charge in [0.05, 0.1) is 28.6 Å². The largest absolute Gasteiger partial charge is 0.486 e. The van der Waals surface area contributed by atoms with Gasteiger partial charge in [0, 0.05) is 49.3 Å². The zero-order valence-electron chi connectivity index (χ0n) is 22.5. The fraction of sp³-hybridized carbons (Fsp3) is 0.0286. The van der Waals surface area contributed by atoms with Gasteiger partial charge in [-0.1, -0.05) is 41.3 Å². The van der Waals surface area contributed by atoms with Gasteiger partial charge in [-0.05, 0) is 49.0 Å². The van der Waals surface area contributed by atoms with Gasteiger partial charge in [0.2, 0.25) is 5.71 Å². The van der Waals surface area contributed by atoms with Crippen molar-refractivity contribution in [1.29, 1.82) is 0 Å². The van der Waals surface area contributed by atoms with Gasteiger partial charge >= 0.3 is 0 Å². The number of benzene rings is 3. The zero-order valence-corrected chi connectivity index (χ0v) is 24.9. The standard InChI is InChI=1S/C24H15N4O.C11H8N.Ir/c1-15-10-11-18-17-8-5-9-19(22(17)29-24(18)26-15)23-27-20-14-25-13-12-21(20)28(23)16-6-3-2-4-7-16;1-2-6-10(7-3-1)11-8-4-5-9-12-11;/h2-8,10-14H,1H3;1-6,8-9H;/q2*-1;. The molecule has 8 rings (SSSR count). The quantitative estimate of drug-likeness (QED) is 0.173. The van der Waals surface area contributed by atoms with Crippen LogP contribution in [0.25, 0.3) is 61.4 Å². The predicted octanol–water partition coefficient (Wildman–Crippen LogP) is 8.04. The number of aromatic nitrogens is 5. The molecular formula is C35H23IrN5O-2. The molecule has 0 bridgehead atoms. The monoisotopic (exact) mass is 722 g/mol. The molecule has 5 aromatic heterocycles. The summed E-state index contributed by atoms with van der Waals surface area (Å²) in [7, 11) is 0. The van der Waals surface area contributed by atoms with Gasteiger partial charge in [-0.25, -0.2) is 4.98 Å². The molecular weight excluding hydrogens is 699 g/mol. The second-order valence-corrected chi connectivity index (χ2v) is 9.46. The first-order chi connectivity index (χ1) is 20.3. The molecule has 0 atom stereocenters. The summed E-state index contributed by atoms with van der Waals surface area (Å²) in [6.45, 7) is 1.96. The molecule has 205 valence electrons. The van der Waals surface area contributed by atoms with E-state index in [0.717, 1.165) is 61.4 Å². The molecule has 8 aromatic rings. The first-order valence-electron chi connectivity index (χ1n) is 13.2. The van der Waals surface area contributed by atoms with Crippen LogP contribution < -0.4 is 0 Å². The van der Waals surface area contributed by atoms with Gasteiger partial charge < -0.3 is 14.0 Å². The fourth-order valence-corrected chi connectivity index (χ4v) is 4.89. The maximum Gasteiger partial charge on any atom is 0.216 e. The van der Waals surface area contributed by atoms with Crippen molar-refractivity contribution >= 4 is 33.1 Å². The summed E-state index contributed by atoms with van der Waals surface area (Å²) in [4.78, 5) is 17.9. The second-order valence-electron chi connectivity index (χ2n) is 9.46. The molecule has 0 saturated carbocycles. The summed E-state index contributed by atoms with van der Waals surface area (Å²) in [6.07, 6.45) is 5.35. The molecule has 0 amide bonds. The average molecular weight is 722 g/mol. The van der Waals surface area contributed by atoms with Crippen molar-refractivity contribution in [3.63, 3.8) is 0 Å². The third-order valence-corrected chi connectivity index (χ3v) is 6.78. The molecule has 0 fully saturated rings. The Morgan fingerprint density at radius 1 is 0.738 bits per heavy atom. The maximum atomic E-state index is 6.19. The van der Waals surface area contributed by atoms with Crippen LogP contribution in [-0.4, -0.2) is 24.5 Å². The van der Waals surface area contributed by atoms with Gasteiger partial charge in [-0.3, -0.25) is 9.97 Å². The summed E-state index contributed by atoms with van der Waals surface area (Å²) in [6, 6.07) is 40.3. The van der Waals surface area contributed by atoms with E-state index in [9.17, 15) is 0 Å². The van der Waals surface area contributed by atoms with Crippen LogP contribution in [0.2, 0.25) is 0 Å². The van der Waals surface area contributed by atoms with E-state index in [0.29, 0.717) is 5.71 Å². The van der Waals surface area contributed by atoms with Crippen LogP contribution in [-0.2, 0) is 20.1 Å². The van der Waals surface area contributed by atoms with Crippen LogP contribution in [0, 0.1) is 19.1 Å². The van der Waals surface area contributed by atoms with E-state index in [-0.39, 0.29) is 20.1 Å². The summed E-state index contributed by atoms with van der Waals surface area (Å²) < 4.78 is 8.31. The van der Waals surface area contributed by atoms with Gasteiger partial charge in [0.1, 0.15) is 0 Å². The number of para-hydroxylation sites is 1. The van der Waals surface area contributed by atoms with Crippen molar-refractivity contribution in [3.05, 3.63) is 140 Å². The van der Waals surface area contributed by atoms with Gasteiger partial charge in [-0.2, -0.15) is 0 Å². The minimum atomic E-state index is 0. The van der Waals surface area contributed by atoms with Crippen molar-refractivity contribution in [2.24, 2.45) is 0 Å². The van der Waals surface area contributed by atoms with E-state index in [4.69, 9.17) is 9.40 Å². The molecule has 0 N–H and O–H groups in total. The molecule has 0 saturated heterocycles. The first-order valence-corrected chi connectivity index (χ1v) is 13.2. The van der Waals surface area contributed by atoms with Crippen LogP contribution in [0.15, 0.2) is 126 Å². The Bertz CT molecular complexity index is 2070. The molecule has 42 heavy (non-hydrogen) atoms. The number of fused-ring (bicyclic) bond motifs is 4. The minimum Gasteiger partial charge on any atom is -0.486 e. The molecule has 7 heteroatoms. The molecule has 5 heterocycles. The Morgan fingerprint density at radius 2 is 1.60 bits per heavy atom. The number of rotatable bonds is 3. The number of hydrogen-bond acceptors (Lipinski definition) is 5. The van der Waals surface area contributed by atoms with Crippen LogP contribution in [0.4, 0.5) is 0 Å². The van der Waals surface area contributed by atoms with Crippen molar-refractivity contribution in [2.45, 2.75) is 6.92 Å². The predicted molar refractivity (Wildman–Crippen MR) is 161 cm³/mol. The fourth-order valence-electron chi connectivity index (χ4n) is 4.89. The number of imidazole rings is 1. The Kier molecular flexibility index (Phi) is 7.69. The van der Waals surface area contributed by atoms with E-state index >= 15 is 0 Å². The molecule has 3 aromatic carbocycles. The molecule has 0 aliphatic heterocycles. The van der Waals surface area contributed by atoms with Crippen molar-refractivity contribution < 1.29 is 24.5 Å². The maximum absolute atomic E-state index is 6.19. The molecule has 0 unspecified atom stereocenters. The normalized spacial score (nSPS) is 10.8. The molecule has 0 aliphatic rings. The minimum absolute atomic E-state index is 0. The second kappa shape index (κ2) is 11.9. The topological polar surface area (TPSA) is 69.6 Å².